The van der Waals surface area contributed by atoms with E-state index in [1.54, 1.807) is 0 Å². The van der Waals surface area contributed by atoms with Gasteiger partial charge in [-0.15, -0.1) is 0 Å². The van der Waals surface area contributed by atoms with Crippen LogP contribution in [0.15, 0.2) is 24.3 Å². The van der Waals surface area contributed by atoms with Crippen molar-refractivity contribution in [2.24, 2.45) is 5.41 Å². The van der Waals surface area contributed by atoms with Gasteiger partial charge in [-0.3, -0.25) is 4.79 Å². The van der Waals surface area contributed by atoms with E-state index in [0.29, 0.717) is 11.4 Å². The van der Waals surface area contributed by atoms with Crippen LogP contribution in [0.2, 0.25) is 5.02 Å². The number of carbonyl (C=O) groups is 1. The minimum absolute atomic E-state index is 0.0491. The van der Waals surface area contributed by atoms with Gasteiger partial charge >= 0.3 is 0 Å². The number of halogens is 1. The van der Waals surface area contributed by atoms with Gasteiger partial charge in [-0.1, -0.05) is 43.6 Å². The van der Waals surface area contributed by atoms with E-state index in [-0.39, 0.29) is 17.4 Å². The minimum Gasteiger partial charge on any atom is -0.352 e. The summed E-state index contributed by atoms with van der Waals surface area (Å²) in [5, 5.41) is 7.17. The SMILES string of the molecule is CC1(C)CNCCC1NC(=O)Cc1ccccc1Cl. The summed E-state index contributed by atoms with van der Waals surface area (Å²) in [5.74, 6) is 0.0491. The number of hydrogen-bond donors (Lipinski definition) is 2. The second kappa shape index (κ2) is 5.93. The van der Waals surface area contributed by atoms with Crippen molar-refractivity contribution in [1.29, 1.82) is 0 Å². The van der Waals surface area contributed by atoms with Crippen molar-refractivity contribution >= 4 is 17.5 Å². The van der Waals surface area contributed by atoms with Crippen LogP contribution in [0.4, 0.5) is 0 Å². The molecular weight excluding hydrogens is 260 g/mol. The molecule has 1 aliphatic heterocycles. The Labute approximate surface area is 119 Å². The zero-order chi connectivity index (χ0) is 13.9. The molecule has 0 saturated carbocycles. The smallest absolute Gasteiger partial charge is 0.224 e. The van der Waals surface area contributed by atoms with E-state index in [0.717, 1.165) is 25.1 Å². The Bertz CT molecular complexity index is 459. The van der Waals surface area contributed by atoms with E-state index in [1.807, 2.05) is 24.3 Å². The van der Waals surface area contributed by atoms with Gasteiger partial charge in [0.1, 0.15) is 0 Å². The number of piperidine rings is 1. The van der Waals surface area contributed by atoms with Gasteiger partial charge in [-0.2, -0.15) is 0 Å². The summed E-state index contributed by atoms with van der Waals surface area (Å²) in [5.41, 5.74) is 0.974. The number of amides is 1. The van der Waals surface area contributed by atoms with Gasteiger partial charge in [-0.25, -0.2) is 0 Å². The maximum absolute atomic E-state index is 12.1. The van der Waals surface area contributed by atoms with Gasteiger partial charge in [0, 0.05) is 17.6 Å². The van der Waals surface area contributed by atoms with Crippen LogP contribution in [0, 0.1) is 5.41 Å². The lowest BCUT2D eigenvalue weighted by molar-refractivity contribution is -0.122. The molecule has 1 heterocycles. The van der Waals surface area contributed by atoms with Crippen molar-refractivity contribution in [3.8, 4) is 0 Å². The number of rotatable bonds is 3. The first-order valence-corrected chi connectivity index (χ1v) is 7.10. The van der Waals surface area contributed by atoms with Crippen molar-refractivity contribution in [2.45, 2.75) is 32.7 Å². The molecule has 1 amide bonds. The Hall–Kier alpha value is -1.06. The molecule has 104 valence electrons. The third-order valence-corrected chi connectivity index (χ3v) is 4.15. The summed E-state index contributed by atoms with van der Waals surface area (Å²) < 4.78 is 0. The Balaban J connectivity index is 1.96. The first-order valence-electron chi connectivity index (χ1n) is 6.72. The Morgan fingerprint density at radius 1 is 1.47 bits per heavy atom. The maximum atomic E-state index is 12.1. The summed E-state index contributed by atoms with van der Waals surface area (Å²) in [7, 11) is 0. The van der Waals surface area contributed by atoms with Gasteiger partial charge in [0.2, 0.25) is 5.91 Å². The molecule has 0 radical (unpaired) electrons. The van der Waals surface area contributed by atoms with Crippen molar-refractivity contribution in [3.05, 3.63) is 34.9 Å². The molecule has 0 bridgehead atoms. The number of hydrogen-bond acceptors (Lipinski definition) is 2. The fourth-order valence-corrected chi connectivity index (χ4v) is 2.70. The van der Waals surface area contributed by atoms with E-state index in [4.69, 9.17) is 11.6 Å². The predicted molar refractivity (Wildman–Crippen MR) is 78.4 cm³/mol. The number of carbonyl (C=O) groups excluding carboxylic acids is 1. The van der Waals surface area contributed by atoms with Crippen LogP contribution in [0.25, 0.3) is 0 Å². The normalized spacial score (nSPS) is 21.9. The van der Waals surface area contributed by atoms with E-state index >= 15 is 0 Å². The third-order valence-electron chi connectivity index (χ3n) is 3.78. The molecule has 2 rings (SSSR count). The molecule has 1 unspecified atom stereocenters. The molecule has 1 fully saturated rings. The highest BCUT2D eigenvalue weighted by Gasteiger charge is 2.33. The highest BCUT2D eigenvalue weighted by Crippen LogP contribution is 2.25. The van der Waals surface area contributed by atoms with Gasteiger partial charge < -0.3 is 10.6 Å². The summed E-state index contributed by atoms with van der Waals surface area (Å²) in [4.78, 5) is 12.1. The standard InChI is InChI=1S/C15H21ClN2O/c1-15(2)10-17-8-7-13(15)18-14(19)9-11-5-3-4-6-12(11)16/h3-6,13,17H,7-10H2,1-2H3,(H,18,19). The first kappa shape index (κ1) is 14.4. The highest BCUT2D eigenvalue weighted by molar-refractivity contribution is 6.31. The van der Waals surface area contributed by atoms with Gasteiger partial charge in [0.25, 0.3) is 0 Å². The minimum atomic E-state index is 0.0491. The van der Waals surface area contributed by atoms with Crippen molar-refractivity contribution in [3.63, 3.8) is 0 Å². The molecule has 1 atom stereocenters. The highest BCUT2D eigenvalue weighted by atomic mass is 35.5. The maximum Gasteiger partial charge on any atom is 0.224 e. The zero-order valence-electron chi connectivity index (χ0n) is 11.5. The van der Waals surface area contributed by atoms with E-state index in [9.17, 15) is 4.79 Å². The van der Waals surface area contributed by atoms with Crippen LogP contribution >= 0.6 is 11.6 Å². The van der Waals surface area contributed by atoms with Crippen LogP contribution in [0.5, 0.6) is 0 Å². The molecule has 1 aliphatic rings. The van der Waals surface area contributed by atoms with Gasteiger partial charge in [0.15, 0.2) is 0 Å². The summed E-state index contributed by atoms with van der Waals surface area (Å²) in [6.07, 6.45) is 1.32. The monoisotopic (exact) mass is 280 g/mol. The molecule has 1 aromatic rings. The Morgan fingerprint density at radius 3 is 2.89 bits per heavy atom. The van der Waals surface area contributed by atoms with Gasteiger partial charge in [0.05, 0.1) is 6.42 Å². The molecule has 0 aliphatic carbocycles. The molecule has 19 heavy (non-hydrogen) atoms. The van der Waals surface area contributed by atoms with E-state index < -0.39 is 0 Å². The lowest BCUT2D eigenvalue weighted by atomic mass is 9.80. The molecule has 2 N–H and O–H groups in total. The summed E-state index contributed by atoms with van der Waals surface area (Å²) in [6.45, 7) is 6.25. The van der Waals surface area contributed by atoms with Crippen molar-refractivity contribution < 1.29 is 4.79 Å². The largest absolute Gasteiger partial charge is 0.352 e. The molecule has 0 aromatic heterocycles. The fourth-order valence-electron chi connectivity index (χ4n) is 2.50. The topological polar surface area (TPSA) is 41.1 Å². The van der Waals surface area contributed by atoms with Crippen LogP contribution in [0.3, 0.4) is 0 Å². The molecule has 1 aromatic carbocycles. The average molecular weight is 281 g/mol. The molecule has 1 saturated heterocycles. The van der Waals surface area contributed by atoms with Crippen LogP contribution in [0.1, 0.15) is 25.8 Å². The predicted octanol–water partition coefficient (Wildman–Crippen LogP) is 2.39. The van der Waals surface area contributed by atoms with Crippen LogP contribution < -0.4 is 10.6 Å². The lowest BCUT2D eigenvalue weighted by Gasteiger charge is -2.39. The van der Waals surface area contributed by atoms with Crippen LogP contribution in [-0.4, -0.2) is 25.0 Å². The second-order valence-electron chi connectivity index (χ2n) is 5.84. The number of nitrogens with one attached hydrogen (secondary N) is 2. The quantitative estimate of drug-likeness (QED) is 0.893. The first-order chi connectivity index (χ1) is 8.99. The number of benzene rings is 1. The summed E-state index contributed by atoms with van der Waals surface area (Å²) in [6, 6.07) is 7.72. The second-order valence-corrected chi connectivity index (χ2v) is 6.25. The summed E-state index contributed by atoms with van der Waals surface area (Å²) >= 11 is 6.08. The van der Waals surface area contributed by atoms with E-state index in [1.165, 1.54) is 0 Å². The zero-order valence-corrected chi connectivity index (χ0v) is 12.3. The van der Waals surface area contributed by atoms with Crippen molar-refractivity contribution in [2.75, 3.05) is 13.1 Å². The van der Waals surface area contributed by atoms with Crippen LogP contribution in [-0.2, 0) is 11.2 Å². The Kier molecular flexibility index (Phi) is 4.48. The molecule has 3 nitrogen and oxygen atoms in total. The Morgan fingerprint density at radius 2 is 2.21 bits per heavy atom. The third kappa shape index (κ3) is 3.71. The molecule has 0 spiro atoms. The molecule has 4 heteroatoms. The lowest BCUT2D eigenvalue weighted by Crippen LogP contribution is -2.54. The van der Waals surface area contributed by atoms with Gasteiger partial charge in [-0.05, 0) is 30.0 Å². The molecular formula is C15H21ClN2O. The fraction of sp³-hybridized carbons (Fsp3) is 0.533. The van der Waals surface area contributed by atoms with Crippen molar-refractivity contribution in [1.82, 2.24) is 10.6 Å². The average Bonchev–Trinajstić information content (AvgIpc) is 2.35. The van der Waals surface area contributed by atoms with E-state index in [2.05, 4.69) is 24.5 Å².